The Morgan fingerprint density at radius 3 is 2.56 bits per heavy atom. The molecule has 1 saturated carbocycles. The Bertz CT molecular complexity index is 809. The number of para-hydroxylation sites is 1. The van der Waals surface area contributed by atoms with E-state index < -0.39 is 5.97 Å². The van der Waals surface area contributed by atoms with Crippen molar-refractivity contribution < 1.29 is 14.7 Å². The van der Waals surface area contributed by atoms with Crippen molar-refractivity contribution in [2.75, 3.05) is 5.32 Å². The smallest absolute Gasteiger partial charge is 0.319 e. The van der Waals surface area contributed by atoms with Gasteiger partial charge in [-0.2, -0.15) is 0 Å². The summed E-state index contributed by atoms with van der Waals surface area (Å²) in [5.74, 6) is -0.349. The van der Waals surface area contributed by atoms with Gasteiger partial charge in [0, 0.05) is 17.6 Å². The number of nitrogens with zero attached hydrogens (tertiary/aromatic N) is 3. The minimum absolute atomic E-state index is 0.00733. The predicted molar refractivity (Wildman–Crippen MR) is 101 cm³/mol. The molecule has 0 atom stereocenters. The highest BCUT2D eigenvalue weighted by Gasteiger charge is 2.27. The predicted octanol–water partition coefficient (Wildman–Crippen LogP) is 3.29. The van der Waals surface area contributed by atoms with E-state index in [0.717, 1.165) is 5.56 Å². The summed E-state index contributed by atoms with van der Waals surface area (Å²) >= 11 is 0. The van der Waals surface area contributed by atoms with Crippen LogP contribution in [0.4, 0.5) is 10.5 Å². The summed E-state index contributed by atoms with van der Waals surface area (Å²) in [6.45, 7) is 4.09. The molecule has 1 aromatic carbocycles. The van der Waals surface area contributed by atoms with E-state index in [1.807, 2.05) is 42.7 Å². The third-order valence-corrected chi connectivity index (χ3v) is 4.96. The van der Waals surface area contributed by atoms with Crippen molar-refractivity contribution in [2.24, 2.45) is 5.92 Å². The van der Waals surface area contributed by atoms with Crippen molar-refractivity contribution in [3.63, 3.8) is 0 Å². The van der Waals surface area contributed by atoms with Crippen LogP contribution in [0.15, 0.2) is 30.6 Å². The molecule has 1 heterocycles. The lowest BCUT2D eigenvalue weighted by Gasteiger charge is -2.27. The van der Waals surface area contributed by atoms with E-state index in [0.29, 0.717) is 37.2 Å². The first-order chi connectivity index (χ1) is 13.0. The number of hydrogen-bond acceptors (Lipinski definition) is 4. The zero-order valence-corrected chi connectivity index (χ0v) is 15.6. The summed E-state index contributed by atoms with van der Waals surface area (Å²) in [5.41, 5.74) is 1.46. The van der Waals surface area contributed by atoms with Crippen LogP contribution < -0.4 is 10.6 Å². The number of carboxylic acids is 1. The van der Waals surface area contributed by atoms with Gasteiger partial charge < -0.3 is 20.3 Å². The van der Waals surface area contributed by atoms with Crippen LogP contribution in [0.2, 0.25) is 0 Å². The number of urea groups is 1. The number of carbonyl (C=O) groups excluding carboxylic acids is 1. The fraction of sp³-hybridized carbons (Fsp3) is 0.474. The minimum Gasteiger partial charge on any atom is -0.481 e. The van der Waals surface area contributed by atoms with Crippen LogP contribution >= 0.6 is 0 Å². The van der Waals surface area contributed by atoms with Crippen LogP contribution in [0.1, 0.15) is 45.6 Å². The number of hydrogen-bond donors (Lipinski definition) is 3. The van der Waals surface area contributed by atoms with Crippen LogP contribution in [0, 0.1) is 5.92 Å². The second-order valence-electron chi connectivity index (χ2n) is 7.19. The van der Waals surface area contributed by atoms with Gasteiger partial charge in [0.15, 0.2) is 5.82 Å². The molecule has 0 spiro atoms. The molecule has 0 radical (unpaired) electrons. The molecule has 2 aromatic rings. The van der Waals surface area contributed by atoms with Crippen LogP contribution in [-0.2, 0) is 4.79 Å². The van der Waals surface area contributed by atoms with Crippen LogP contribution in [0.5, 0.6) is 0 Å². The molecule has 3 rings (SSSR count). The zero-order chi connectivity index (χ0) is 19.4. The lowest BCUT2D eigenvalue weighted by Crippen LogP contribution is -2.41. The van der Waals surface area contributed by atoms with Crippen molar-refractivity contribution in [2.45, 2.75) is 51.6 Å². The fourth-order valence-corrected chi connectivity index (χ4v) is 3.43. The van der Waals surface area contributed by atoms with E-state index in [4.69, 9.17) is 5.11 Å². The molecule has 0 saturated heterocycles. The number of benzene rings is 1. The van der Waals surface area contributed by atoms with Crippen molar-refractivity contribution in [1.82, 2.24) is 20.1 Å². The number of aromatic nitrogens is 3. The van der Waals surface area contributed by atoms with Gasteiger partial charge in [-0.1, -0.05) is 12.1 Å². The van der Waals surface area contributed by atoms with Gasteiger partial charge in [0.25, 0.3) is 0 Å². The largest absolute Gasteiger partial charge is 0.481 e. The van der Waals surface area contributed by atoms with Crippen molar-refractivity contribution in [1.29, 1.82) is 0 Å². The summed E-state index contributed by atoms with van der Waals surface area (Å²) in [6, 6.07) is 7.37. The monoisotopic (exact) mass is 371 g/mol. The van der Waals surface area contributed by atoms with E-state index >= 15 is 0 Å². The first kappa shape index (κ1) is 18.9. The standard InChI is InChI=1S/C19H25N5O3/c1-12(2)24-11-20-23-17(24)15-5-3-4-6-16(15)22-19(27)21-14-9-7-13(8-10-14)18(25)26/h3-6,11-14H,7-10H2,1-2H3,(H,25,26)(H2,21,22,27). The fourth-order valence-electron chi connectivity index (χ4n) is 3.43. The number of aliphatic carboxylic acids is 1. The van der Waals surface area contributed by atoms with Gasteiger partial charge >= 0.3 is 12.0 Å². The molecule has 3 N–H and O–H groups in total. The van der Waals surface area contributed by atoms with E-state index in [1.54, 1.807) is 6.33 Å². The molecule has 27 heavy (non-hydrogen) atoms. The van der Waals surface area contributed by atoms with Gasteiger partial charge in [0.2, 0.25) is 0 Å². The third kappa shape index (κ3) is 4.45. The Balaban J connectivity index is 1.67. The highest BCUT2D eigenvalue weighted by molar-refractivity contribution is 5.93. The van der Waals surface area contributed by atoms with Crippen molar-refractivity contribution in [3.05, 3.63) is 30.6 Å². The highest BCUT2D eigenvalue weighted by atomic mass is 16.4. The second-order valence-corrected chi connectivity index (χ2v) is 7.19. The van der Waals surface area contributed by atoms with Crippen LogP contribution in [0.25, 0.3) is 11.4 Å². The van der Waals surface area contributed by atoms with Crippen LogP contribution in [-0.4, -0.2) is 37.9 Å². The number of amides is 2. The maximum absolute atomic E-state index is 12.5. The summed E-state index contributed by atoms with van der Waals surface area (Å²) in [6.07, 6.45) is 4.21. The summed E-state index contributed by atoms with van der Waals surface area (Å²) in [5, 5.41) is 23.1. The number of nitrogens with one attached hydrogen (secondary N) is 2. The summed E-state index contributed by atoms with van der Waals surface area (Å²) in [7, 11) is 0. The van der Waals surface area contributed by atoms with Gasteiger partial charge in [-0.05, 0) is 51.7 Å². The van der Waals surface area contributed by atoms with E-state index in [9.17, 15) is 9.59 Å². The molecule has 1 aromatic heterocycles. The topological polar surface area (TPSA) is 109 Å². The average molecular weight is 371 g/mol. The Morgan fingerprint density at radius 2 is 1.89 bits per heavy atom. The molecule has 0 unspecified atom stereocenters. The second kappa shape index (κ2) is 8.20. The molecular weight excluding hydrogens is 346 g/mol. The van der Waals surface area contributed by atoms with Crippen LogP contribution in [0.3, 0.4) is 0 Å². The average Bonchev–Trinajstić information content (AvgIpc) is 3.12. The number of carboxylic acid groups (broad SMARTS) is 1. The number of anilines is 1. The molecule has 0 aliphatic heterocycles. The molecule has 8 nitrogen and oxygen atoms in total. The number of rotatable bonds is 5. The Morgan fingerprint density at radius 1 is 1.19 bits per heavy atom. The Kier molecular flexibility index (Phi) is 5.73. The van der Waals surface area contributed by atoms with Gasteiger partial charge in [-0.25, -0.2) is 4.79 Å². The van der Waals surface area contributed by atoms with Gasteiger partial charge in [-0.3, -0.25) is 4.79 Å². The maximum atomic E-state index is 12.5. The molecule has 8 heteroatoms. The Hall–Kier alpha value is -2.90. The molecule has 1 aliphatic rings. The normalized spacial score (nSPS) is 19.7. The summed E-state index contributed by atoms with van der Waals surface area (Å²) in [4.78, 5) is 23.5. The van der Waals surface area contributed by atoms with E-state index in [1.165, 1.54) is 0 Å². The highest BCUT2D eigenvalue weighted by Crippen LogP contribution is 2.28. The quantitative estimate of drug-likeness (QED) is 0.747. The van der Waals surface area contributed by atoms with Crippen molar-refractivity contribution >= 4 is 17.7 Å². The first-order valence-corrected chi connectivity index (χ1v) is 9.25. The first-order valence-electron chi connectivity index (χ1n) is 9.25. The summed E-state index contributed by atoms with van der Waals surface area (Å²) < 4.78 is 1.95. The minimum atomic E-state index is -0.749. The van der Waals surface area contributed by atoms with Gasteiger partial charge in [-0.15, -0.1) is 10.2 Å². The maximum Gasteiger partial charge on any atom is 0.319 e. The zero-order valence-electron chi connectivity index (χ0n) is 15.6. The molecule has 0 bridgehead atoms. The lowest BCUT2D eigenvalue weighted by molar-refractivity contribution is -0.142. The lowest BCUT2D eigenvalue weighted by atomic mass is 9.86. The molecular formula is C19H25N5O3. The van der Waals surface area contributed by atoms with Gasteiger partial charge in [0.1, 0.15) is 6.33 Å². The third-order valence-electron chi connectivity index (χ3n) is 4.96. The molecule has 1 aliphatic carbocycles. The Labute approximate surface area is 158 Å². The van der Waals surface area contributed by atoms with Gasteiger partial charge in [0.05, 0.1) is 11.6 Å². The number of carbonyl (C=O) groups is 2. The molecule has 1 fully saturated rings. The van der Waals surface area contributed by atoms with Crippen molar-refractivity contribution in [3.8, 4) is 11.4 Å². The van der Waals surface area contributed by atoms with E-state index in [2.05, 4.69) is 20.8 Å². The van der Waals surface area contributed by atoms with E-state index in [-0.39, 0.29) is 24.0 Å². The SMILES string of the molecule is CC(C)n1cnnc1-c1ccccc1NC(=O)NC1CCC(C(=O)O)CC1. The molecule has 2 amide bonds. The molecule has 144 valence electrons.